The lowest BCUT2D eigenvalue weighted by molar-refractivity contribution is 0.128. The van der Waals surface area contributed by atoms with Crippen LogP contribution in [0.4, 0.5) is 0 Å². The molecule has 2 nitrogen and oxygen atoms in total. The van der Waals surface area contributed by atoms with Crippen LogP contribution in [-0.4, -0.2) is 22.8 Å². The first kappa shape index (κ1) is 18.0. The summed E-state index contributed by atoms with van der Waals surface area (Å²) in [7, 11) is 0. The van der Waals surface area contributed by atoms with E-state index >= 15 is 0 Å². The van der Waals surface area contributed by atoms with E-state index in [0.29, 0.717) is 0 Å². The van der Waals surface area contributed by atoms with E-state index < -0.39 is 0 Å². The molecule has 20 heavy (non-hydrogen) atoms. The summed E-state index contributed by atoms with van der Waals surface area (Å²) in [5.41, 5.74) is -0.131. The van der Waals surface area contributed by atoms with Crippen LogP contribution in [0.2, 0.25) is 0 Å². The maximum absolute atomic E-state index is 10.0. The van der Waals surface area contributed by atoms with Gasteiger partial charge in [-0.3, -0.25) is 0 Å². The van der Waals surface area contributed by atoms with Gasteiger partial charge in [0.15, 0.2) is 0 Å². The van der Waals surface area contributed by atoms with E-state index in [1.165, 1.54) is 64.2 Å². The number of hydrogen-bond donors (Lipinski definition) is 2. The number of rotatable bonds is 13. The summed E-state index contributed by atoms with van der Waals surface area (Å²) in [6.07, 6.45) is 15.2. The molecular weight excluding hydrogens is 246 g/mol. The van der Waals surface area contributed by atoms with Gasteiger partial charge in [-0.2, -0.15) is 0 Å². The molecular formula is C18H37NO. The second-order valence-electron chi connectivity index (χ2n) is 7.26. The molecule has 1 aliphatic rings. The number of unbranched alkanes of at least 4 members (excludes halogenated alkanes) is 6. The van der Waals surface area contributed by atoms with Crippen LogP contribution in [0.5, 0.6) is 0 Å². The Bertz CT molecular complexity index is 236. The number of aliphatic hydroxyl groups is 1. The van der Waals surface area contributed by atoms with Crippen molar-refractivity contribution in [2.75, 3.05) is 6.54 Å². The van der Waals surface area contributed by atoms with Gasteiger partial charge in [0.1, 0.15) is 0 Å². The van der Waals surface area contributed by atoms with Crippen LogP contribution in [0.25, 0.3) is 0 Å². The monoisotopic (exact) mass is 283 g/mol. The number of β-amino-alcohol motifs (C(OH)–C–C–N with tert-alkyl or cyclic N) is 1. The first-order valence-corrected chi connectivity index (χ1v) is 9.01. The molecule has 2 heteroatoms. The third-order valence-electron chi connectivity index (χ3n) is 4.84. The van der Waals surface area contributed by atoms with Gasteiger partial charge in [0.25, 0.3) is 0 Å². The van der Waals surface area contributed by atoms with Crippen molar-refractivity contribution in [1.29, 1.82) is 0 Å². The Balaban J connectivity index is 2.30. The Morgan fingerprint density at radius 3 is 1.80 bits per heavy atom. The zero-order chi connectivity index (χ0) is 14.9. The topological polar surface area (TPSA) is 32.3 Å². The Kier molecular flexibility index (Phi) is 8.13. The highest BCUT2D eigenvalue weighted by Gasteiger charge is 2.41. The standard InChI is InChI=1S/C18H37NO/c1-4-6-8-10-12-17(3,13-11-9-7-5-2)19-16-18(20)14-15-18/h19-20H,4-16H2,1-3H3. The molecule has 0 unspecified atom stereocenters. The fraction of sp³-hybridized carbons (Fsp3) is 1.00. The van der Waals surface area contributed by atoms with Crippen molar-refractivity contribution in [3.8, 4) is 0 Å². The van der Waals surface area contributed by atoms with Crippen LogP contribution in [-0.2, 0) is 0 Å². The largest absolute Gasteiger partial charge is 0.389 e. The summed E-state index contributed by atoms with van der Waals surface area (Å²) < 4.78 is 0. The van der Waals surface area contributed by atoms with Gasteiger partial charge in [0.2, 0.25) is 0 Å². The summed E-state index contributed by atoms with van der Waals surface area (Å²) in [6.45, 7) is 7.71. The first-order valence-electron chi connectivity index (χ1n) is 9.01. The van der Waals surface area contributed by atoms with Crippen LogP contribution in [0.15, 0.2) is 0 Å². The van der Waals surface area contributed by atoms with Gasteiger partial charge >= 0.3 is 0 Å². The molecule has 0 atom stereocenters. The van der Waals surface area contributed by atoms with Crippen molar-refractivity contribution in [3.63, 3.8) is 0 Å². The van der Waals surface area contributed by atoms with E-state index in [0.717, 1.165) is 19.4 Å². The van der Waals surface area contributed by atoms with E-state index in [2.05, 4.69) is 26.1 Å². The first-order chi connectivity index (χ1) is 9.54. The van der Waals surface area contributed by atoms with Gasteiger partial charge < -0.3 is 10.4 Å². The minimum absolute atomic E-state index is 0.236. The normalized spacial score (nSPS) is 17.4. The Morgan fingerprint density at radius 2 is 1.40 bits per heavy atom. The lowest BCUT2D eigenvalue weighted by Crippen LogP contribution is -2.46. The molecule has 1 saturated carbocycles. The fourth-order valence-electron chi connectivity index (χ4n) is 2.88. The van der Waals surface area contributed by atoms with Crippen LogP contribution in [0, 0.1) is 0 Å². The van der Waals surface area contributed by atoms with E-state index in [1.54, 1.807) is 0 Å². The second kappa shape index (κ2) is 9.04. The average molecular weight is 284 g/mol. The third-order valence-corrected chi connectivity index (χ3v) is 4.84. The van der Waals surface area contributed by atoms with Crippen molar-refractivity contribution >= 4 is 0 Å². The molecule has 0 heterocycles. The molecule has 0 radical (unpaired) electrons. The maximum atomic E-state index is 10.0. The van der Waals surface area contributed by atoms with Crippen molar-refractivity contribution in [2.45, 2.75) is 109 Å². The molecule has 0 aliphatic heterocycles. The van der Waals surface area contributed by atoms with Gasteiger partial charge in [-0.15, -0.1) is 0 Å². The van der Waals surface area contributed by atoms with Crippen molar-refractivity contribution in [1.82, 2.24) is 5.32 Å². The molecule has 0 bridgehead atoms. The Morgan fingerprint density at radius 1 is 0.900 bits per heavy atom. The van der Waals surface area contributed by atoms with E-state index in [9.17, 15) is 5.11 Å². The fourth-order valence-corrected chi connectivity index (χ4v) is 2.88. The van der Waals surface area contributed by atoms with Gasteiger partial charge in [-0.05, 0) is 32.6 Å². The predicted octanol–water partition coefficient (Wildman–Crippen LogP) is 4.80. The molecule has 1 rings (SSSR count). The highest BCUT2D eigenvalue weighted by molar-refractivity contribution is 4.98. The average Bonchev–Trinajstić information content (AvgIpc) is 3.17. The van der Waals surface area contributed by atoms with E-state index in [4.69, 9.17) is 0 Å². The second-order valence-corrected chi connectivity index (χ2v) is 7.26. The molecule has 0 amide bonds. The van der Waals surface area contributed by atoms with Crippen molar-refractivity contribution < 1.29 is 5.11 Å². The van der Waals surface area contributed by atoms with Crippen LogP contribution in [0.3, 0.4) is 0 Å². The summed E-state index contributed by atoms with van der Waals surface area (Å²) in [5.74, 6) is 0. The third kappa shape index (κ3) is 7.64. The molecule has 1 aliphatic carbocycles. The lowest BCUT2D eigenvalue weighted by Gasteiger charge is -2.32. The van der Waals surface area contributed by atoms with E-state index in [-0.39, 0.29) is 11.1 Å². The number of hydrogen-bond acceptors (Lipinski definition) is 2. The zero-order valence-corrected chi connectivity index (χ0v) is 14.1. The summed E-state index contributed by atoms with van der Waals surface area (Å²) >= 11 is 0. The molecule has 0 spiro atoms. The van der Waals surface area contributed by atoms with Crippen LogP contribution >= 0.6 is 0 Å². The smallest absolute Gasteiger partial charge is 0.0773 e. The molecule has 1 fully saturated rings. The van der Waals surface area contributed by atoms with Crippen LogP contribution < -0.4 is 5.32 Å². The highest BCUT2D eigenvalue weighted by atomic mass is 16.3. The van der Waals surface area contributed by atoms with Crippen LogP contribution in [0.1, 0.15) is 97.8 Å². The molecule has 0 saturated heterocycles. The molecule has 120 valence electrons. The molecule has 0 aromatic rings. The Hall–Kier alpha value is -0.0800. The molecule has 0 aromatic carbocycles. The summed E-state index contributed by atoms with van der Waals surface area (Å²) in [6, 6.07) is 0. The summed E-state index contributed by atoms with van der Waals surface area (Å²) in [5, 5.41) is 13.8. The van der Waals surface area contributed by atoms with Gasteiger partial charge in [0, 0.05) is 12.1 Å². The maximum Gasteiger partial charge on any atom is 0.0773 e. The SMILES string of the molecule is CCCCCCC(C)(CCCCCC)NCC1(O)CC1. The highest BCUT2D eigenvalue weighted by Crippen LogP contribution is 2.35. The van der Waals surface area contributed by atoms with Gasteiger partial charge in [-0.1, -0.05) is 65.2 Å². The minimum atomic E-state index is -0.367. The summed E-state index contributed by atoms with van der Waals surface area (Å²) in [4.78, 5) is 0. The quantitative estimate of drug-likeness (QED) is 0.476. The van der Waals surface area contributed by atoms with Crippen molar-refractivity contribution in [3.05, 3.63) is 0 Å². The van der Waals surface area contributed by atoms with Gasteiger partial charge in [0.05, 0.1) is 5.60 Å². The minimum Gasteiger partial charge on any atom is -0.389 e. The van der Waals surface area contributed by atoms with Gasteiger partial charge in [-0.25, -0.2) is 0 Å². The lowest BCUT2D eigenvalue weighted by atomic mass is 9.88. The van der Waals surface area contributed by atoms with Crippen molar-refractivity contribution in [2.24, 2.45) is 0 Å². The molecule has 0 aromatic heterocycles. The molecule has 2 N–H and O–H groups in total. The number of nitrogens with one attached hydrogen (secondary N) is 1. The Labute approximate surface area is 126 Å². The predicted molar refractivity (Wildman–Crippen MR) is 88.1 cm³/mol. The zero-order valence-electron chi connectivity index (χ0n) is 14.1. The van der Waals surface area contributed by atoms with E-state index in [1.807, 2.05) is 0 Å².